The molecule has 0 aliphatic carbocycles. The molecule has 3 aromatic heterocycles. The summed E-state index contributed by atoms with van der Waals surface area (Å²) in [5, 5.41) is 11.1. The smallest absolute Gasteiger partial charge is 0.278 e. The number of rotatable bonds is 5. The summed E-state index contributed by atoms with van der Waals surface area (Å²) in [5.41, 5.74) is 7.85. The first-order chi connectivity index (χ1) is 16.7. The van der Waals surface area contributed by atoms with E-state index in [0.717, 1.165) is 44.8 Å². The minimum atomic E-state index is 0.438. The monoisotopic (exact) mass is 486 g/mol. The Labute approximate surface area is 205 Å². The first-order valence-corrected chi connectivity index (χ1v) is 12.8. The van der Waals surface area contributed by atoms with E-state index in [0.29, 0.717) is 25.0 Å². The molecule has 5 aromatic rings. The lowest BCUT2D eigenvalue weighted by Gasteiger charge is -2.22. The van der Waals surface area contributed by atoms with Crippen molar-refractivity contribution in [2.75, 3.05) is 30.9 Å². The molecule has 0 radical (unpaired) electrons. The molecule has 2 N–H and O–H groups in total. The highest BCUT2D eigenvalue weighted by atomic mass is 32.1. The Morgan fingerprint density at radius 2 is 1.35 bits per heavy atom. The zero-order valence-electron chi connectivity index (χ0n) is 18.7. The summed E-state index contributed by atoms with van der Waals surface area (Å²) in [5.74, 6) is 0.889. The summed E-state index contributed by atoms with van der Waals surface area (Å²) < 4.78 is 11.6. The Balaban J connectivity index is 1.69. The predicted octanol–water partition coefficient (Wildman–Crippen LogP) is 6.95. The van der Waals surface area contributed by atoms with E-state index in [1.54, 1.807) is 22.7 Å². The normalized spacial score (nSPS) is 12.6. The standard InChI is InChI=1S/C26H22N4O2S2/c1-15-20(18-5-3-13-33-18)21(19-6-4-14-34-19)23(28-17-9-7-16(27-2)8-10-17)24-22(15)29-25-26(30-24)32-12-11-31-25/h3-10,13-14,27-28H,11-12H2,1-2H3. The average molecular weight is 487 g/mol. The molecule has 4 heterocycles. The van der Waals surface area contributed by atoms with E-state index in [1.165, 1.54) is 9.75 Å². The largest absolute Gasteiger partial charge is 0.470 e. The van der Waals surface area contributed by atoms with Crippen molar-refractivity contribution in [3.05, 3.63) is 64.9 Å². The molecule has 1 aliphatic rings. The molecule has 0 fully saturated rings. The summed E-state index contributed by atoms with van der Waals surface area (Å²) in [4.78, 5) is 12.2. The lowest BCUT2D eigenvalue weighted by atomic mass is 9.94. The van der Waals surface area contributed by atoms with Gasteiger partial charge in [0.05, 0.1) is 11.2 Å². The van der Waals surface area contributed by atoms with Crippen LogP contribution in [-0.2, 0) is 0 Å². The second-order valence-electron chi connectivity index (χ2n) is 7.89. The number of nitrogens with zero attached hydrogens (tertiary/aromatic N) is 2. The molecule has 6 rings (SSSR count). The third-order valence-corrected chi connectivity index (χ3v) is 7.61. The van der Waals surface area contributed by atoms with Crippen molar-refractivity contribution in [2.24, 2.45) is 0 Å². The molecule has 170 valence electrons. The SMILES string of the molecule is CNc1ccc(Nc2c(-c3cccs3)c(-c3cccs3)c(C)c3nc4c(nc23)OCCO4)cc1. The van der Waals surface area contributed by atoms with Gasteiger partial charge in [-0.25, -0.2) is 9.97 Å². The zero-order chi connectivity index (χ0) is 23.1. The molecule has 8 heteroatoms. The van der Waals surface area contributed by atoms with Gasteiger partial charge >= 0.3 is 0 Å². The number of fused-ring (bicyclic) bond motifs is 2. The Morgan fingerprint density at radius 3 is 1.94 bits per heavy atom. The summed E-state index contributed by atoms with van der Waals surface area (Å²) >= 11 is 3.44. The fraction of sp³-hybridized carbons (Fsp3) is 0.154. The second-order valence-corrected chi connectivity index (χ2v) is 9.78. The summed E-state index contributed by atoms with van der Waals surface area (Å²) in [6.45, 7) is 3.05. The molecule has 6 nitrogen and oxygen atoms in total. The number of hydrogen-bond donors (Lipinski definition) is 2. The van der Waals surface area contributed by atoms with Gasteiger partial charge in [-0.05, 0) is 59.6 Å². The quantitative estimate of drug-likeness (QED) is 0.280. The highest BCUT2D eigenvalue weighted by molar-refractivity contribution is 7.14. The van der Waals surface area contributed by atoms with Gasteiger partial charge in [-0.1, -0.05) is 12.1 Å². The van der Waals surface area contributed by atoms with Crippen LogP contribution in [0.1, 0.15) is 5.56 Å². The lowest BCUT2D eigenvalue weighted by molar-refractivity contribution is 0.158. The first kappa shape index (κ1) is 20.9. The molecule has 2 aromatic carbocycles. The number of ether oxygens (including phenoxy) is 2. The van der Waals surface area contributed by atoms with E-state index in [9.17, 15) is 0 Å². The topological polar surface area (TPSA) is 68.3 Å². The molecular weight excluding hydrogens is 464 g/mol. The van der Waals surface area contributed by atoms with Crippen LogP contribution in [-0.4, -0.2) is 30.2 Å². The van der Waals surface area contributed by atoms with E-state index in [1.807, 2.05) is 19.2 Å². The zero-order valence-corrected chi connectivity index (χ0v) is 20.3. The van der Waals surface area contributed by atoms with Gasteiger partial charge in [-0.3, -0.25) is 0 Å². The van der Waals surface area contributed by atoms with Gasteiger partial charge in [0.1, 0.15) is 18.7 Å². The number of benzene rings is 2. The van der Waals surface area contributed by atoms with Crippen LogP contribution >= 0.6 is 22.7 Å². The van der Waals surface area contributed by atoms with Gasteiger partial charge in [0.25, 0.3) is 11.8 Å². The summed E-state index contributed by atoms with van der Waals surface area (Å²) in [6, 6.07) is 16.7. The van der Waals surface area contributed by atoms with E-state index in [-0.39, 0.29) is 0 Å². The number of hydrogen-bond acceptors (Lipinski definition) is 8. The summed E-state index contributed by atoms with van der Waals surface area (Å²) in [7, 11) is 1.92. The van der Waals surface area contributed by atoms with Crippen molar-refractivity contribution in [3.8, 4) is 32.6 Å². The average Bonchev–Trinajstić information content (AvgIpc) is 3.60. The van der Waals surface area contributed by atoms with Gasteiger partial charge in [-0.15, -0.1) is 22.7 Å². The van der Waals surface area contributed by atoms with Crippen LogP contribution in [0.25, 0.3) is 31.9 Å². The molecule has 0 saturated heterocycles. The van der Waals surface area contributed by atoms with Gasteiger partial charge in [0, 0.05) is 39.3 Å². The third-order valence-electron chi connectivity index (χ3n) is 5.84. The summed E-state index contributed by atoms with van der Waals surface area (Å²) in [6.07, 6.45) is 0. The molecule has 0 amide bonds. The van der Waals surface area contributed by atoms with Crippen LogP contribution in [0.2, 0.25) is 0 Å². The van der Waals surface area contributed by atoms with Crippen molar-refractivity contribution >= 4 is 50.8 Å². The van der Waals surface area contributed by atoms with Crippen molar-refractivity contribution in [1.82, 2.24) is 9.97 Å². The third kappa shape index (κ3) is 3.55. The maximum Gasteiger partial charge on any atom is 0.278 e. The maximum atomic E-state index is 5.81. The predicted molar refractivity (Wildman–Crippen MR) is 141 cm³/mol. The van der Waals surface area contributed by atoms with Crippen LogP contribution < -0.4 is 20.1 Å². The van der Waals surface area contributed by atoms with Crippen molar-refractivity contribution in [2.45, 2.75) is 6.92 Å². The van der Waals surface area contributed by atoms with E-state index >= 15 is 0 Å². The number of thiophene rings is 2. The number of nitrogens with one attached hydrogen (secondary N) is 2. The maximum absolute atomic E-state index is 5.81. The molecule has 0 unspecified atom stereocenters. The minimum Gasteiger partial charge on any atom is -0.470 e. The van der Waals surface area contributed by atoms with Crippen molar-refractivity contribution in [1.29, 1.82) is 0 Å². The van der Waals surface area contributed by atoms with Gasteiger partial charge in [0.15, 0.2) is 0 Å². The Morgan fingerprint density at radius 1 is 0.765 bits per heavy atom. The molecular formula is C26H22N4O2S2. The number of aryl methyl sites for hydroxylation is 1. The number of anilines is 3. The Bertz CT molecular complexity index is 1460. The van der Waals surface area contributed by atoms with E-state index in [4.69, 9.17) is 19.4 Å². The molecule has 0 spiro atoms. The molecule has 1 aliphatic heterocycles. The van der Waals surface area contributed by atoms with Gasteiger partial charge < -0.3 is 20.1 Å². The van der Waals surface area contributed by atoms with E-state index in [2.05, 4.69) is 64.7 Å². The molecule has 34 heavy (non-hydrogen) atoms. The molecule has 0 atom stereocenters. The Hall–Kier alpha value is -3.62. The van der Waals surface area contributed by atoms with Gasteiger partial charge in [-0.2, -0.15) is 0 Å². The molecule has 0 saturated carbocycles. The number of aromatic nitrogens is 2. The van der Waals surface area contributed by atoms with Crippen molar-refractivity contribution in [3.63, 3.8) is 0 Å². The Kier molecular flexibility index (Phi) is 5.31. The lowest BCUT2D eigenvalue weighted by Crippen LogP contribution is -2.18. The fourth-order valence-electron chi connectivity index (χ4n) is 4.24. The first-order valence-electron chi connectivity index (χ1n) is 11.0. The van der Waals surface area contributed by atoms with Crippen LogP contribution in [0.3, 0.4) is 0 Å². The van der Waals surface area contributed by atoms with E-state index < -0.39 is 0 Å². The van der Waals surface area contributed by atoms with Crippen LogP contribution in [0.4, 0.5) is 17.1 Å². The van der Waals surface area contributed by atoms with Crippen LogP contribution in [0, 0.1) is 6.92 Å². The highest BCUT2D eigenvalue weighted by Gasteiger charge is 2.26. The molecule has 0 bridgehead atoms. The fourth-order valence-corrected chi connectivity index (χ4v) is 5.85. The van der Waals surface area contributed by atoms with Crippen molar-refractivity contribution < 1.29 is 9.47 Å². The highest BCUT2D eigenvalue weighted by Crippen LogP contribution is 2.49. The van der Waals surface area contributed by atoms with Crippen LogP contribution in [0.15, 0.2) is 59.3 Å². The van der Waals surface area contributed by atoms with Gasteiger partial charge in [0.2, 0.25) is 0 Å². The minimum absolute atomic E-state index is 0.438. The van der Waals surface area contributed by atoms with Crippen LogP contribution in [0.5, 0.6) is 11.8 Å². The second kappa shape index (κ2) is 8.62.